The largest absolute Gasteiger partial charge is 0.282 e. The second-order valence-electron chi connectivity index (χ2n) is 4.69. The highest BCUT2D eigenvalue weighted by molar-refractivity contribution is 6.04. The zero-order valence-electron chi connectivity index (χ0n) is 11.3. The first-order chi connectivity index (χ1) is 9.00. The number of anilines is 1. The van der Waals surface area contributed by atoms with Crippen LogP contribution in [0.2, 0.25) is 0 Å². The van der Waals surface area contributed by atoms with Crippen molar-refractivity contribution in [2.24, 2.45) is 0 Å². The van der Waals surface area contributed by atoms with Crippen molar-refractivity contribution in [3.8, 4) is 0 Å². The number of hydroxylamine groups is 1. The maximum absolute atomic E-state index is 12.2. The lowest BCUT2D eigenvalue weighted by Crippen LogP contribution is -2.27. The van der Waals surface area contributed by atoms with Crippen molar-refractivity contribution < 1.29 is 10.0 Å². The molecule has 0 saturated heterocycles. The summed E-state index contributed by atoms with van der Waals surface area (Å²) in [4.78, 5) is 12.2. The maximum atomic E-state index is 12.2. The van der Waals surface area contributed by atoms with Crippen LogP contribution in [0, 0.1) is 20.8 Å². The van der Waals surface area contributed by atoms with E-state index in [0.29, 0.717) is 16.3 Å². The lowest BCUT2D eigenvalue weighted by atomic mass is 10.0. The summed E-state index contributed by atoms with van der Waals surface area (Å²) in [6.07, 6.45) is 0. The molecule has 19 heavy (non-hydrogen) atoms. The molecule has 0 aliphatic heterocycles. The van der Waals surface area contributed by atoms with Crippen molar-refractivity contribution in [2.45, 2.75) is 20.8 Å². The first-order valence-electron chi connectivity index (χ1n) is 6.17. The second-order valence-corrected chi connectivity index (χ2v) is 4.69. The Morgan fingerprint density at radius 1 is 1.00 bits per heavy atom. The zero-order valence-corrected chi connectivity index (χ0v) is 11.3. The predicted molar refractivity (Wildman–Crippen MR) is 75.7 cm³/mol. The molecule has 0 spiro atoms. The minimum absolute atomic E-state index is 0.419. The van der Waals surface area contributed by atoms with Crippen LogP contribution >= 0.6 is 0 Å². The number of nitrogens with zero attached hydrogens (tertiary/aromatic N) is 1. The standard InChI is InChI=1S/C16H17NO2/c1-11-9-14(10-12(2)13(11)3)16(18)17(19)15-7-5-4-6-8-15/h4-10,19H,1-3H3. The Morgan fingerprint density at radius 3 is 2.05 bits per heavy atom. The number of hydrogen-bond acceptors (Lipinski definition) is 2. The molecule has 0 unspecified atom stereocenters. The fourth-order valence-electron chi connectivity index (χ4n) is 1.97. The van der Waals surface area contributed by atoms with Gasteiger partial charge >= 0.3 is 0 Å². The molecule has 0 saturated carbocycles. The van der Waals surface area contributed by atoms with E-state index in [2.05, 4.69) is 0 Å². The lowest BCUT2D eigenvalue weighted by Gasteiger charge is -2.16. The number of amides is 1. The molecular formula is C16H17NO2. The Kier molecular flexibility index (Phi) is 3.67. The van der Waals surface area contributed by atoms with E-state index in [1.54, 1.807) is 36.4 Å². The van der Waals surface area contributed by atoms with Crippen LogP contribution < -0.4 is 5.06 Å². The highest BCUT2D eigenvalue weighted by Gasteiger charge is 2.16. The predicted octanol–water partition coefficient (Wildman–Crippen LogP) is 3.65. The van der Waals surface area contributed by atoms with E-state index in [4.69, 9.17) is 0 Å². The van der Waals surface area contributed by atoms with Crippen LogP contribution in [-0.2, 0) is 0 Å². The smallest absolute Gasteiger partial charge is 0.281 e. The summed E-state index contributed by atoms with van der Waals surface area (Å²) in [6.45, 7) is 5.94. The summed E-state index contributed by atoms with van der Waals surface area (Å²) in [6, 6.07) is 12.4. The molecule has 2 aromatic rings. The molecule has 2 aromatic carbocycles. The fourth-order valence-corrected chi connectivity index (χ4v) is 1.97. The van der Waals surface area contributed by atoms with Crippen molar-refractivity contribution >= 4 is 11.6 Å². The summed E-state index contributed by atoms with van der Waals surface area (Å²) in [5, 5.41) is 10.7. The Hall–Kier alpha value is -2.13. The van der Waals surface area contributed by atoms with Crippen molar-refractivity contribution in [1.29, 1.82) is 0 Å². The zero-order chi connectivity index (χ0) is 14.0. The summed E-state index contributed by atoms with van der Waals surface area (Å²) >= 11 is 0. The first-order valence-corrected chi connectivity index (χ1v) is 6.17. The van der Waals surface area contributed by atoms with Gasteiger partial charge in [-0.1, -0.05) is 18.2 Å². The molecule has 1 N–H and O–H groups in total. The Balaban J connectivity index is 2.35. The Labute approximate surface area is 113 Å². The number of hydrogen-bond donors (Lipinski definition) is 1. The number of para-hydroxylation sites is 1. The Bertz CT molecular complexity index is 582. The van der Waals surface area contributed by atoms with E-state index in [1.165, 1.54) is 5.56 Å². The number of aryl methyl sites for hydroxylation is 2. The highest BCUT2D eigenvalue weighted by Crippen LogP contribution is 2.19. The summed E-state index contributed by atoms with van der Waals surface area (Å²) in [5.74, 6) is -0.419. The van der Waals surface area contributed by atoms with Crippen LogP contribution in [0.15, 0.2) is 42.5 Å². The molecule has 2 rings (SSSR count). The number of carbonyl (C=O) groups excluding carboxylic acids is 1. The minimum Gasteiger partial charge on any atom is -0.281 e. The second kappa shape index (κ2) is 5.24. The van der Waals surface area contributed by atoms with Gasteiger partial charge in [0.15, 0.2) is 0 Å². The van der Waals surface area contributed by atoms with Gasteiger partial charge in [0, 0.05) is 5.56 Å². The quantitative estimate of drug-likeness (QED) is 0.657. The Morgan fingerprint density at radius 2 is 1.53 bits per heavy atom. The lowest BCUT2D eigenvalue weighted by molar-refractivity contribution is 0.0854. The maximum Gasteiger partial charge on any atom is 0.282 e. The molecule has 1 amide bonds. The molecule has 0 aliphatic carbocycles. The topological polar surface area (TPSA) is 40.5 Å². The van der Waals surface area contributed by atoms with Gasteiger partial charge in [-0.05, 0) is 61.7 Å². The van der Waals surface area contributed by atoms with Crippen LogP contribution in [0.5, 0.6) is 0 Å². The van der Waals surface area contributed by atoms with E-state index in [-0.39, 0.29) is 0 Å². The molecule has 3 heteroatoms. The van der Waals surface area contributed by atoms with Gasteiger partial charge < -0.3 is 0 Å². The van der Waals surface area contributed by atoms with E-state index in [1.807, 2.05) is 26.8 Å². The monoisotopic (exact) mass is 255 g/mol. The molecule has 0 aromatic heterocycles. The van der Waals surface area contributed by atoms with E-state index in [0.717, 1.165) is 11.1 Å². The van der Waals surface area contributed by atoms with Crippen molar-refractivity contribution in [3.63, 3.8) is 0 Å². The molecule has 98 valence electrons. The molecule has 0 heterocycles. The van der Waals surface area contributed by atoms with Gasteiger partial charge in [0.25, 0.3) is 5.91 Å². The van der Waals surface area contributed by atoms with Gasteiger partial charge in [-0.15, -0.1) is 0 Å². The van der Waals surface area contributed by atoms with Crippen molar-refractivity contribution in [2.75, 3.05) is 5.06 Å². The molecule has 0 aliphatic rings. The van der Waals surface area contributed by atoms with Gasteiger partial charge in [0.1, 0.15) is 0 Å². The molecule has 0 fully saturated rings. The third-order valence-electron chi connectivity index (χ3n) is 3.37. The molecule has 0 radical (unpaired) electrons. The summed E-state index contributed by atoms with van der Waals surface area (Å²) in [5.41, 5.74) is 4.21. The number of carbonyl (C=O) groups is 1. The van der Waals surface area contributed by atoms with E-state index < -0.39 is 5.91 Å². The van der Waals surface area contributed by atoms with Crippen LogP contribution in [-0.4, -0.2) is 11.1 Å². The van der Waals surface area contributed by atoms with Gasteiger partial charge in [-0.25, -0.2) is 0 Å². The van der Waals surface area contributed by atoms with Gasteiger partial charge in [0.2, 0.25) is 0 Å². The third kappa shape index (κ3) is 2.66. The van der Waals surface area contributed by atoms with Crippen LogP contribution in [0.4, 0.5) is 5.69 Å². The van der Waals surface area contributed by atoms with Crippen molar-refractivity contribution in [3.05, 3.63) is 64.7 Å². The molecule has 3 nitrogen and oxygen atoms in total. The molecular weight excluding hydrogens is 238 g/mol. The number of benzene rings is 2. The average Bonchev–Trinajstić information content (AvgIpc) is 2.43. The van der Waals surface area contributed by atoms with Gasteiger partial charge in [0.05, 0.1) is 5.69 Å². The third-order valence-corrected chi connectivity index (χ3v) is 3.37. The van der Waals surface area contributed by atoms with Crippen LogP contribution in [0.25, 0.3) is 0 Å². The first kappa shape index (κ1) is 13.3. The van der Waals surface area contributed by atoms with Gasteiger partial charge in [-0.2, -0.15) is 5.06 Å². The average molecular weight is 255 g/mol. The van der Waals surface area contributed by atoms with Gasteiger partial charge in [-0.3, -0.25) is 10.0 Å². The molecule has 0 atom stereocenters. The SMILES string of the molecule is Cc1cc(C(=O)N(O)c2ccccc2)cc(C)c1C. The van der Waals surface area contributed by atoms with Crippen LogP contribution in [0.1, 0.15) is 27.0 Å². The van der Waals surface area contributed by atoms with Crippen molar-refractivity contribution in [1.82, 2.24) is 0 Å². The minimum atomic E-state index is -0.419. The van der Waals surface area contributed by atoms with Crippen LogP contribution in [0.3, 0.4) is 0 Å². The summed E-state index contributed by atoms with van der Waals surface area (Å²) in [7, 11) is 0. The number of rotatable bonds is 2. The molecule has 0 bridgehead atoms. The highest BCUT2D eigenvalue weighted by atomic mass is 16.5. The normalized spacial score (nSPS) is 10.3. The van der Waals surface area contributed by atoms with E-state index >= 15 is 0 Å². The van der Waals surface area contributed by atoms with E-state index in [9.17, 15) is 10.0 Å². The fraction of sp³-hybridized carbons (Fsp3) is 0.188. The summed E-state index contributed by atoms with van der Waals surface area (Å²) < 4.78 is 0.